The molecular weight excluding hydrogens is 464 g/mol. The Morgan fingerprint density at radius 2 is 1.88 bits per heavy atom. The molecule has 0 saturated carbocycles. The normalized spacial score (nSPS) is 14.4. The van der Waals surface area contributed by atoms with Crippen LogP contribution in [0.2, 0.25) is 0 Å². The maximum atomic E-state index is 12.6. The Labute approximate surface area is 199 Å². The van der Waals surface area contributed by atoms with Crippen LogP contribution in [0.25, 0.3) is 6.08 Å². The zero-order valence-corrected chi connectivity index (χ0v) is 19.3. The first-order valence-electron chi connectivity index (χ1n) is 10.4. The van der Waals surface area contributed by atoms with Crippen LogP contribution in [0.3, 0.4) is 0 Å². The summed E-state index contributed by atoms with van der Waals surface area (Å²) in [4.78, 5) is 47.9. The number of nitrogens with zero attached hydrogens (tertiary/aromatic N) is 2. The fourth-order valence-corrected chi connectivity index (χ4v) is 3.88. The molecule has 2 aromatic rings. The summed E-state index contributed by atoms with van der Waals surface area (Å²) in [7, 11) is 0. The van der Waals surface area contributed by atoms with Gasteiger partial charge in [-0.05, 0) is 54.9 Å². The highest BCUT2D eigenvalue weighted by Gasteiger charge is 2.36. The molecule has 1 saturated heterocycles. The third kappa shape index (κ3) is 6.13. The first-order chi connectivity index (χ1) is 16.3. The molecule has 34 heavy (non-hydrogen) atoms. The Morgan fingerprint density at radius 1 is 1.09 bits per heavy atom. The maximum absolute atomic E-state index is 12.6. The van der Waals surface area contributed by atoms with E-state index in [2.05, 4.69) is 0 Å². The monoisotopic (exact) mass is 486 g/mol. The van der Waals surface area contributed by atoms with Gasteiger partial charge in [0.1, 0.15) is 13.2 Å². The van der Waals surface area contributed by atoms with Gasteiger partial charge in [0.15, 0.2) is 11.5 Å². The summed E-state index contributed by atoms with van der Waals surface area (Å²) in [6.07, 6.45) is 1.53. The molecule has 10 nitrogen and oxygen atoms in total. The molecule has 0 aromatic heterocycles. The number of imide groups is 1. The number of thioether (sulfide) groups is 1. The third-order valence-electron chi connectivity index (χ3n) is 4.55. The molecule has 1 heterocycles. The van der Waals surface area contributed by atoms with Gasteiger partial charge < -0.3 is 14.2 Å². The molecule has 1 fully saturated rings. The minimum absolute atomic E-state index is 0.0293. The molecule has 2 aromatic carbocycles. The van der Waals surface area contributed by atoms with E-state index in [1.54, 1.807) is 44.2 Å². The molecule has 0 aliphatic carbocycles. The van der Waals surface area contributed by atoms with Crippen molar-refractivity contribution in [1.82, 2.24) is 4.90 Å². The van der Waals surface area contributed by atoms with Crippen LogP contribution in [-0.4, -0.2) is 46.7 Å². The zero-order chi connectivity index (χ0) is 24.7. The summed E-state index contributed by atoms with van der Waals surface area (Å²) in [6.45, 7) is 3.60. The molecule has 0 atom stereocenters. The van der Waals surface area contributed by atoms with Crippen LogP contribution >= 0.6 is 11.8 Å². The molecule has 0 radical (unpaired) electrons. The summed E-state index contributed by atoms with van der Waals surface area (Å²) in [6, 6.07) is 11.1. The number of non-ortho nitro benzene ring substituents is 1. The van der Waals surface area contributed by atoms with E-state index in [4.69, 9.17) is 14.2 Å². The highest BCUT2D eigenvalue weighted by molar-refractivity contribution is 8.18. The van der Waals surface area contributed by atoms with Crippen LogP contribution < -0.4 is 9.47 Å². The molecule has 1 aliphatic rings. The van der Waals surface area contributed by atoms with Gasteiger partial charge in [-0.15, -0.1) is 0 Å². The van der Waals surface area contributed by atoms with E-state index in [9.17, 15) is 24.5 Å². The van der Waals surface area contributed by atoms with Crippen LogP contribution in [0.15, 0.2) is 47.4 Å². The molecule has 0 bridgehead atoms. The fraction of sp³-hybridized carbons (Fsp3) is 0.261. The number of hydrogen-bond acceptors (Lipinski definition) is 9. The van der Waals surface area contributed by atoms with E-state index < -0.39 is 28.6 Å². The summed E-state index contributed by atoms with van der Waals surface area (Å²) >= 11 is 0.735. The van der Waals surface area contributed by atoms with Crippen molar-refractivity contribution in [2.75, 3.05) is 19.8 Å². The van der Waals surface area contributed by atoms with Gasteiger partial charge in [0.05, 0.1) is 23.0 Å². The van der Waals surface area contributed by atoms with Gasteiger partial charge in [-0.2, -0.15) is 0 Å². The number of nitro benzene ring substituents is 1. The van der Waals surface area contributed by atoms with E-state index >= 15 is 0 Å². The summed E-state index contributed by atoms with van der Waals surface area (Å²) in [5, 5.41) is 10.4. The first-order valence-corrected chi connectivity index (χ1v) is 11.2. The zero-order valence-electron chi connectivity index (χ0n) is 18.5. The third-order valence-corrected chi connectivity index (χ3v) is 5.45. The second-order valence-corrected chi connectivity index (χ2v) is 7.92. The van der Waals surface area contributed by atoms with E-state index in [0.29, 0.717) is 29.2 Å². The quantitative estimate of drug-likeness (QED) is 0.210. The standard InChI is InChI=1S/C23H22N2O8S/c1-3-31-19-11-15(12-20-22(27)24(23(28)34-20)13-21(26)32-4-2)8-9-18(19)33-14-16-6-5-7-17(10-16)25(29)30/h5-12H,3-4,13-14H2,1-2H3/b20-12-. The molecular formula is C23H22N2O8S. The smallest absolute Gasteiger partial charge is 0.326 e. The molecule has 0 spiro atoms. The number of rotatable bonds is 10. The maximum Gasteiger partial charge on any atom is 0.326 e. The van der Waals surface area contributed by atoms with Gasteiger partial charge in [0, 0.05) is 12.1 Å². The van der Waals surface area contributed by atoms with Gasteiger partial charge in [0.2, 0.25) is 0 Å². The Hall–Kier alpha value is -3.86. The summed E-state index contributed by atoms with van der Waals surface area (Å²) < 4.78 is 16.3. The summed E-state index contributed by atoms with van der Waals surface area (Å²) in [5.74, 6) is -0.407. The van der Waals surface area contributed by atoms with E-state index in [1.165, 1.54) is 18.2 Å². The van der Waals surface area contributed by atoms with Crippen molar-refractivity contribution in [3.05, 3.63) is 68.6 Å². The average molecular weight is 487 g/mol. The van der Waals surface area contributed by atoms with Crippen molar-refractivity contribution >= 4 is 40.6 Å². The number of amides is 2. The van der Waals surface area contributed by atoms with Crippen molar-refractivity contribution in [2.24, 2.45) is 0 Å². The SMILES string of the molecule is CCOC(=O)CN1C(=O)S/C(=C\c2ccc(OCc3cccc([N+](=O)[O-])c3)c(OCC)c2)C1=O. The number of carbonyl (C=O) groups is 3. The Bertz CT molecular complexity index is 1150. The molecule has 1 aliphatic heterocycles. The Balaban J connectivity index is 1.76. The van der Waals surface area contributed by atoms with Crippen LogP contribution in [0.4, 0.5) is 10.5 Å². The summed E-state index contributed by atoms with van der Waals surface area (Å²) in [5.41, 5.74) is 1.18. The van der Waals surface area contributed by atoms with Crippen LogP contribution in [0, 0.1) is 10.1 Å². The largest absolute Gasteiger partial charge is 0.490 e. The predicted octanol–water partition coefficient (Wildman–Crippen LogP) is 4.17. The minimum atomic E-state index is -0.657. The highest BCUT2D eigenvalue weighted by Crippen LogP contribution is 2.35. The van der Waals surface area contributed by atoms with Crippen molar-refractivity contribution in [3.63, 3.8) is 0 Å². The molecule has 2 amide bonds. The van der Waals surface area contributed by atoms with E-state index in [-0.39, 0.29) is 23.8 Å². The number of carbonyl (C=O) groups excluding carboxylic acids is 3. The number of nitro groups is 1. The van der Waals surface area contributed by atoms with Crippen LogP contribution in [0.5, 0.6) is 11.5 Å². The van der Waals surface area contributed by atoms with Gasteiger partial charge in [0.25, 0.3) is 16.8 Å². The number of benzene rings is 2. The molecule has 0 N–H and O–H groups in total. The number of hydrogen-bond donors (Lipinski definition) is 0. The first kappa shape index (κ1) is 24.8. The van der Waals surface area contributed by atoms with Gasteiger partial charge in [-0.3, -0.25) is 29.4 Å². The molecule has 0 unspecified atom stereocenters. The van der Waals surface area contributed by atoms with Crippen molar-refractivity contribution in [2.45, 2.75) is 20.5 Å². The fourth-order valence-electron chi connectivity index (χ4n) is 3.05. The average Bonchev–Trinajstić information content (AvgIpc) is 3.06. The van der Waals surface area contributed by atoms with Crippen molar-refractivity contribution < 1.29 is 33.5 Å². The lowest BCUT2D eigenvalue weighted by Crippen LogP contribution is -2.34. The number of ether oxygens (including phenoxy) is 3. The van der Waals surface area contributed by atoms with Gasteiger partial charge >= 0.3 is 5.97 Å². The van der Waals surface area contributed by atoms with E-state index in [1.807, 2.05) is 0 Å². The van der Waals surface area contributed by atoms with Gasteiger partial charge in [-0.1, -0.05) is 18.2 Å². The Morgan fingerprint density at radius 3 is 2.59 bits per heavy atom. The lowest BCUT2D eigenvalue weighted by atomic mass is 10.1. The highest BCUT2D eigenvalue weighted by atomic mass is 32.2. The van der Waals surface area contributed by atoms with Crippen molar-refractivity contribution in [1.29, 1.82) is 0 Å². The molecule has 178 valence electrons. The minimum Gasteiger partial charge on any atom is -0.490 e. The molecule has 3 rings (SSSR count). The molecule has 11 heteroatoms. The predicted molar refractivity (Wildman–Crippen MR) is 124 cm³/mol. The van der Waals surface area contributed by atoms with E-state index in [0.717, 1.165) is 16.7 Å². The van der Waals surface area contributed by atoms with Gasteiger partial charge in [-0.25, -0.2) is 0 Å². The van der Waals surface area contributed by atoms with Crippen LogP contribution in [0.1, 0.15) is 25.0 Å². The second-order valence-electron chi connectivity index (χ2n) is 6.93. The Kier molecular flexibility index (Phi) is 8.25. The second kappa shape index (κ2) is 11.3. The topological polar surface area (TPSA) is 125 Å². The van der Waals surface area contributed by atoms with Crippen molar-refractivity contribution in [3.8, 4) is 11.5 Å². The lowest BCUT2D eigenvalue weighted by molar-refractivity contribution is -0.384. The lowest BCUT2D eigenvalue weighted by Gasteiger charge is -2.13. The number of esters is 1. The van der Waals surface area contributed by atoms with Crippen LogP contribution in [-0.2, 0) is 20.9 Å².